The highest BCUT2D eigenvalue weighted by atomic mass is 79.9. The normalized spacial score (nSPS) is 26.0. The highest BCUT2D eigenvalue weighted by molar-refractivity contribution is 9.10. The fraction of sp³-hybridized carbons (Fsp3) is 0.158. The van der Waals surface area contributed by atoms with Crippen LogP contribution in [0.15, 0.2) is 56.5 Å². The average Bonchev–Trinajstić information content (AvgIpc) is 3.22. The average molecular weight is 429 g/mol. The van der Waals surface area contributed by atoms with E-state index in [1.807, 2.05) is 36.7 Å². The Labute approximate surface area is 150 Å². The molecule has 0 N–H and O–H groups in total. The predicted octanol–water partition coefficient (Wildman–Crippen LogP) is 5.35. The van der Waals surface area contributed by atoms with E-state index >= 15 is 0 Å². The van der Waals surface area contributed by atoms with Gasteiger partial charge < -0.3 is 0 Å². The van der Waals surface area contributed by atoms with Crippen LogP contribution in [-0.2, 0) is 0 Å². The summed E-state index contributed by atoms with van der Waals surface area (Å²) in [5.74, 6) is 1.61. The molecule has 1 aliphatic heterocycles. The van der Waals surface area contributed by atoms with Crippen molar-refractivity contribution in [2.45, 2.75) is 5.92 Å². The summed E-state index contributed by atoms with van der Waals surface area (Å²) in [6.07, 6.45) is 6.12. The summed E-state index contributed by atoms with van der Waals surface area (Å²) in [6, 6.07) is 10.1. The Morgan fingerprint density at radius 1 is 0.913 bits per heavy atom. The molecule has 2 aliphatic carbocycles. The molecule has 4 heteroatoms. The topological polar surface area (TPSA) is 29.4 Å². The first-order valence-corrected chi connectivity index (χ1v) is 9.12. The van der Waals surface area contributed by atoms with Crippen molar-refractivity contribution in [1.82, 2.24) is 0 Å². The molecule has 0 bridgehead atoms. The number of ketones is 1. The molecule has 0 radical (unpaired) electrons. The molecule has 3 aliphatic rings. The molecule has 0 saturated heterocycles. The van der Waals surface area contributed by atoms with Gasteiger partial charge in [-0.3, -0.25) is 9.79 Å². The van der Waals surface area contributed by atoms with Crippen LogP contribution in [0, 0.1) is 11.8 Å². The van der Waals surface area contributed by atoms with E-state index in [1.165, 1.54) is 5.56 Å². The van der Waals surface area contributed by atoms with E-state index < -0.39 is 0 Å². The highest BCUT2D eigenvalue weighted by Crippen LogP contribution is 2.57. The molecule has 112 valence electrons. The van der Waals surface area contributed by atoms with Gasteiger partial charge in [0.15, 0.2) is 5.78 Å². The summed E-state index contributed by atoms with van der Waals surface area (Å²) in [6.45, 7) is 0. The molecular weight excluding hydrogens is 418 g/mol. The zero-order valence-electron chi connectivity index (χ0n) is 12.0. The first-order chi connectivity index (χ1) is 11.1. The third kappa shape index (κ3) is 1.91. The lowest BCUT2D eigenvalue weighted by Gasteiger charge is -2.08. The minimum absolute atomic E-state index is 0.109. The van der Waals surface area contributed by atoms with Gasteiger partial charge in [-0.25, -0.2) is 0 Å². The summed E-state index contributed by atoms with van der Waals surface area (Å²) in [7, 11) is 0. The van der Waals surface area contributed by atoms with Gasteiger partial charge in [-0.15, -0.1) is 0 Å². The van der Waals surface area contributed by atoms with Gasteiger partial charge >= 0.3 is 0 Å². The van der Waals surface area contributed by atoms with Gasteiger partial charge in [-0.05, 0) is 46.9 Å². The summed E-state index contributed by atoms with van der Waals surface area (Å²) in [4.78, 5) is 16.9. The van der Waals surface area contributed by atoms with Crippen LogP contribution in [0.2, 0.25) is 0 Å². The first-order valence-electron chi connectivity index (χ1n) is 7.53. The number of benzene rings is 2. The third-order valence-corrected chi connectivity index (χ3v) is 6.22. The van der Waals surface area contributed by atoms with Crippen LogP contribution in [0.4, 0.5) is 0 Å². The fourth-order valence-corrected chi connectivity index (χ4v) is 4.82. The van der Waals surface area contributed by atoms with Gasteiger partial charge in [0.2, 0.25) is 0 Å². The summed E-state index contributed by atoms with van der Waals surface area (Å²) in [5, 5.41) is 0. The number of fused-ring (bicyclic) bond motifs is 4. The molecule has 0 amide bonds. The molecule has 0 aromatic heterocycles. The van der Waals surface area contributed by atoms with Crippen LogP contribution in [-0.4, -0.2) is 12.0 Å². The van der Waals surface area contributed by atoms with Crippen molar-refractivity contribution in [3.05, 3.63) is 68.2 Å². The van der Waals surface area contributed by atoms with Crippen molar-refractivity contribution in [2.75, 3.05) is 0 Å². The number of hydrogen-bond acceptors (Lipinski definition) is 2. The van der Waals surface area contributed by atoms with Gasteiger partial charge in [0.1, 0.15) is 0 Å². The van der Waals surface area contributed by atoms with E-state index in [0.29, 0.717) is 17.8 Å². The number of carbonyl (C=O) groups excluding carboxylic acids is 1. The maximum absolute atomic E-state index is 12.7. The Morgan fingerprint density at radius 3 is 2.52 bits per heavy atom. The molecule has 3 unspecified atom stereocenters. The van der Waals surface area contributed by atoms with Crippen LogP contribution in [0.3, 0.4) is 0 Å². The monoisotopic (exact) mass is 427 g/mol. The predicted molar refractivity (Wildman–Crippen MR) is 98.1 cm³/mol. The molecule has 1 saturated carbocycles. The second-order valence-corrected chi connectivity index (χ2v) is 8.03. The Morgan fingerprint density at radius 2 is 1.74 bits per heavy atom. The minimum atomic E-state index is 0.109. The van der Waals surface area contributed by atoms with Crippen LogP contribution in [0.1, 0.15) is 27.4 Å². The molecule has 1 heterocycles. The molecular formula is C19H11Br2NO. The van der Waals surface area contributed by atoms with Crippen LogP contribution in [0.5, 0.6) is 0 Å². The van der Waals surface area contributed by atoms with Crippen molar-refractivity contribution in [3.63, 3.8) is 0 Å². The smallest absolute Gasteiger partial charge is 0.194 e. The first kappa shape index (κ1) is 13.9. The molecule has 2 aromatic carbocycles. The fourth-order valence-electron chi connectivity index (χ4n) is 3.85. The molecule has 23 heavy (non-hydrogen) atoms. The van der Waals surface area contributed by atoms with E-state index in [-0.39, 0.29) is 5.78 Å². The standard InChI is InChI=1S/C19H11Br2NO/c20-9-1-2-10-12-6-15(18-11-3-4-22-8-16(11)18)17(21)7-14(12)19(23)13(10)5-9/h1-8,11,16,18H. The van der Waals surface area contributed by atoms with E-state index in [4.69, 9.17) is 0 Å². The summed E-state index contributed by atoms with van der Waals surface area (Å²) >= 11 is 7.14. The van der Waals surface area contributed by atoms with Gasteiger partial charge in [0.25, 0.3) is 0 Å². The maximum Gasteiger partial charge on any atom is 0.194 e. The molecule has 0 spiro atoms. The number of halogens is 2. The van der Waals surface area contributed by atoms with Crippen molar-refractivity contribution in [2.24, 2.45) is 16.8 Å². The second kappa shape index (κ2) is 4.74. The largest absolute Gasteiger partial charge is 0.289 e. The Hall–Kier alpha value is -1.52. The van der Waals surface area contributed by atoms with Gasteiger partial charge in [-0.2, -0.15) is 0 Å². The molecule has 3 atom stereocenters. The number of rotatable bonds is 1. The Balaban J connectivity index is 1.67. The number of aliphatic imine (C=N–C) groups is 1. The van der Waals surface area contributed by atoms with Gasteiger partial charge in [0.05, 0.1) is 0 Å². The quantitative estimate of drug-likeness (QED) is 0.513. The van der Waals surface area contributed by atoms with Crippen molar-refractivity contribution in [3.8, 4) is 11.1 Å². The van der Waals surface area contributed by atoms with Crippen LogP contribution in [0.25, 0.3) is 11.1 Å². The lowest BCUT2D eigenvalue weighted by Crippen LogP contribution is -1.96. The van der Waals surface area contributed by atoms with Crippen molar-refractivity contribution in [1.29, 1.82) is 0 Å². The third-order valence-electron chi connectivity index (χ3n) is 5.04. The van der Waals surface area contributed by atoms with Gasteiger partial charge in [0, 0.05) is 44.3 Å². The SMILES string of the molecule is O=C1c2cc(Br)ccc2-c2cc(C3C4C=CN=CC43)c(Br)cc21. The summed E-state index contributed by atoms with van der Waals surface area (Å²) < 4.78 is 1.96. The highest BCUT2D eigenvalue weighted by Gasteiger charge is 2.50. The number of hydrogen-bond donors (Lipinski definition) is 0. The second-order valence-electron chi connectivity index (χ2n) is 6.26. The lowest BCUT2D eigenvalue weighted by molar-refractivity contribution is 0.104. The molecule has 2 aromatic rings. The Kier molecular flexibility index (Phi) is 2.86. The van der Waals surface area contributed by atoms with E-state index in [9.17, 15) is 4.79 Å². The van der Waals surface area contributed by atoms with Gasteiger partial charge in [-0.1, -0.05) is 44.0 Å². The van der Waals surface area contributed by atoms with Crippen molar-refractivity contribution < 1.29 is 4.79 Å². The molecule has 5 rings (SSSR count). The zero-order valence-corrected chi connectivity index (χ0v) is 15.1. The van der Waals surface area contributed by atoms with E-state index in [0.717, 1.165) is 31.2 Å². The summed E-state index contributed by atoms with van der Waals surface area (Å²) in [5.41, 5.74) is 4.95. The zero-order chi connectivity index (χ0) is 15.7. The van der Waals surface area contributed by atoms with Crippen LogP contribution < -0.4 is 0 Å². The number of carbonyl (C=O) groups is 1. The lowest BCUT2D eigenvalue weighted by atomic mass is 9.99. The maximum atomic E-state index is 12.7. The van der Waals surface area contributed by atoms with E-state index in [2.05, 4.69) is 49.0 Å². The van der Waals surface area contributed by atoms with Crippen LogP contribution >= 0.6 is 31.9 Å². The number of nitrogens with zero attached hydrogens (tertiary/aromatic N) is 1. The van der Waals surface area contributed by atoms with Crippen molar-refractivity contribution >= 4 is 43.9 Å². The molecule has 1 fully saturated rings. The minimum Gasteiger partial charge on any atom is -0.289 e. The Bertz CT molecular complexity index is 927. The van der Waals surface area contributed by atoms with E-state index in [1.54, 1.807) is 0 Å². The number of allylic oxidation sites excluding steroid dienone is 1. The molecule has 2 nitrogen and oxygen atoms in total.